The molecule has 2 aliphatic heterocycles. The first-order valence-electron chi connectivity index (χ1n) is 7.59. The molecule has 1 aliphatic carbocycles. The third-order valence-corrected chi connectivity index (χ3v) is 4.70. The van der Waals surface area contributed by atoms with Gasteiger partial charge in [0.25, 0.3) is 0 Å². The average molecular weight is 253 g/mol. The molecule has 4 nitrogen and oxygen atoms in total. The van der Waals surface area contributed by atoms with Crippen LogP contribution in [0, 0.1) is 11.8 Å². The van der Waals surface area contributed by atoms with Gasteiger partial charge in [0.05, 0.1) is 6.61 Å². The van der Waals surface area contributed by atoms with Crippen molar-refractivity contribution in [2.45, 2.75) is 25.3 Å². The standard InChI is InChI=1S/C14H27N3O/c15-14-3-8-18-11-13(14)10-17-6-4-16(5-7-17)9-12-1-2-12/h12-14H,1-11,15H2. The van der Waals surface area contributed by atoms with Crippen molar-refractivity contribution < 1.29 is 4.74 Å². The molecule has 0 radical (unpaired) electrons. The Morgan fingerprint density at radius 3 is 2.22 bits per heavy atom. The summed E-state index contributed by atoms with van der Waals surface area (Å²) in [5.74, 6) is 1.57. The van der Waals surface area contributed by atoms with E-state index in [9.17, 15) is 0 Å². The minimum Gasteiger partial charge on any atom is -0.381 e. The summed E-state index contributed by atoms with van der Waals surface area (Å²) < 4.78 is 5.56. The van der Waals surface area contributed by atoms with Gasteiger partial charge in [-0.2, -0.15) is 0 Å². The Hall–Kier alpha value is -0.160. The minimum absolute atomic E-state index is 0.350. The predicted molar refractivity (Wildman–Crippen MR) is 72.5 cm³/mol. The molecule has 0 aromatic carbocycles. The first kappa shape index (κ1) is 12.9. The van der Waals surface area contributed by atoms with Gasteiger partial charge in [0.1, 0.15) is 0 Å². The largest absolute Gasteiger partial charge is 0.381 e. The zero-order valence-electron chi connectivity index (χ0n) is 11.4. The van der Waals surface area contributed by atoms with Crippen LogP contribution in [-0.4, -0.2) is 68.3 Å². The highest BCUT2D eigenvalue weighted by Crippen LogP contribution is 2.30. The third kappa shape index (κ3) is 3.44. The van der Waals surface area contributed by atoms with Crippen molar-refractivity contribution in [3.05, 3.63) is 0 Å². The lowest BCUT2D eigenvalue weighted by Crippen LogP contribution is -2.51. The Labute approximate surface area is 110 Å². The number of nitrogens with two attached hydrogens (primary N) is 1. The molecule has 0 spiro atoms. The molecule has 2 unspecified atom stereocenters. The van der Waals surface area contributed by atoms with E-state index in [4.69, 9.17) is 10.5 Å². The Morgan fingerprint density at radius 2 is 1.61 bits per heavy atom. The van der Waals surface area contributed by atoms with E-state index in [0.717, 1.165) is 32.1 Å². The molecule has 3 rings (SSSR count). The fourth-order valence-electron chi connectivity index (χ4n) is 3.15. The second-order valence-electron chi connectivity index (χ2n) is 6.33. The summed E-state index contributed by atoms with van der Waals surface area (Å²) in [6.45, 7) is 9.14. The van der Waals surface area contributed by atoms with Gasteiger partial charge in [-0.25, -0.2) is 0 Å². The number of ether oxygens (including phenoxy) is 1. The normalized spacial score (nSPS) is 35.8. The van der Waals surface area contributed by atoms with E-state index in [0.29, 0.717) is 12.0 Å². The van der Waals surface area contributed by atoms with E-state index in [2.05, 4.69) is 9.80 Å². The summed E-state index contributed by atoms with van der Waals surface area (Å²) in [7, 11) is 0. The third-order valence-electron chi connectivity index (χ3n) is 4.70. The molecule has 104 valence electrons. The molecule has 2 saturated heterocycles. The van der Waals surface area contributed by atoms with Gasteiger partial charge in [-0.1, -0.05) is 0 Å². The fourth-order valence-corrected chi connectivity index (χ4v) is 3.15. The fraction of sp³-hybridized carbons (Fsp3) is 1.00. The van der Waals surface area contributed by atoms with Crippen LogP contribution < -0.4 is 5.73 Å². The van der Waals surface area contributed by atoms with Crippen LogP contribution in [0.25, 0.3) is 0 Å². The van der Waals surface area contributed by atoms with Crippen LogP contribution in [0.5, 0.6) is 0 Å². The molecule has 0 bridgehead atoms. The van der Waals surface area contributed by atoms with Crippen molar-refractivity contribution >= 4 is 0 Å². The maximum atomic E-state index is 6.18. The number of hydrogen-bond acceptors (Lipinski definition) is 4. The lowest BCUT2D eigenvalue weighted by Gasteiger charge is -2.38. The van der Waals surface area contributed by atoms with Crippen LogP contribution in [0.1, 0.15) is 19.3 Å². The van der Waals surface area contributed by atoms with Gasteiger partial charge in [0.15, 0.2) is 0 Å². The topological polar surface area (TPSA) is 41.7 Å². The summed E-state index contributed by atoms with van der Waals surface area (Å²) >= 11 is 0. The number of rotatable bonds is 4. The van der Waals surface area contributed by atoms with E-state index in [-0.39, 0.29) is 0 Å². The molecule has 1 saturated carbocycles. The lowest BCUT2D eigenvalue weighted by molar-refractivity contribution is 0.0171. The van der Waals surface area contributed by atoms with Gasteiger partial charge in [-0.3, -0.25) is 0 Å². The minimum atomic E-state index is 0.350. The molecule has 4 heteroatoms. The molecule has 2 atom stereocenters. The van der Waals surface area contributed by atoms with E-state index < -0.39 is 0 Å². The molecular weight excluding hydrogens is 226 g/mol. The molecule has 18 heavy (non-hydrogen) atoms. The number of nitrogens with zero attached hydrogens (tertiary/aromatic N) is 2. The van der Waals surface area contributed by atoms with Crippen LogP contribution in [-0.2, 0) is 4.74 Å². The van der Waals surface area contributed by atoms with Crippen molar-refractivity contribution in [3.63, 3.8) is 0 Å². The van der Waals surface area contributed by atoms with Crippen molar-refractivity contribution in [2.24, 2.45) is 17.6 Å². The Morgan fingerprint density at radius 1 is 0.944 bits per heavy atom. The van der Waals surface area contributed by atoms with Crippen molar-refractivity contribution in [2.75, 3.05) is 52.5 Å². The smallest absolute Gasteiger partial charge is 0.0521 e. The SMILES string of the molecule is NC1CCOCC1CN1CCN(CC2CC2)CC1. The maximum absolute atomic E-state index is 6.18. The van der Waals surface area contributed by atoms with Gasteiger partial charge >= 0.3 is 0 Å². The Kier molecular flexibility index (Phi) is 4.19. The zero-order chi connectivity index (χ0) is 12.4. The zero-order valence-corrected chi connectivity index (χ0v) is 11.4. The van der Waals surface area contributed by atoms with Crippen LogP contribution in [0.2, 0.25) is 0 Å². The van der Waals surface area contributed by atoms with E-state index in [1.807, 2.05) is 0 Å². The molecule has 3 fully saturated rings. The second-order valence-corrected chi connectivity index (χ2v) is 6.33. The lowest BCUT2D eigenvalue weighted by atomic mass is 9.96. The Bertz CT molecular complexity index is 262. The molecule has 2 N–H and O–H groups in total. The average Bonchev–Trinajstić information content (AvgIpc) is 3.19. The summed E-state index contributed by atoms with van der Waals surface area (Å²) in [5.41, 5.74) is 6.18. The molecule has 0 aromatic rings. The van der Waals surface area contributed by atoms with Crippen LogP contribution >= 0.6 is 0 Å². The highest BCUT2D eigenvalue weighted by Gasteiger charge is 2.29. The van der Waals surface area contributed by atoms with E-state index in [1.165, 1.54) is 45.6 Å². The number of hydrogen-bond donors (Lipinski definition) is 1. The summed E-state index contributed by atoms with van der Waals surface area (Å²) in [4.78, 5) is 5.23. The van der Waals surface area contributed by atoms with Crippen LogP contribution in [0.4, 0.5) is 0 Å². The van der Waals surface area contributed by atoms with Crippen LogP contribution in [0.3, 0.4) is 0 Å². The molecule has 2 heterocycles. The Balaban J connectivity index is 1.38. The van der Waals surface area contributed by atoms with Gasteiger partial charge in [-0.05, 0) is 25.2 Å². The first-order valence-corrected chi connectivity index (χ1v) is 7.59. The number of piperazine rings is 1. The monoisotopic (exact) mass is 253 g/mol. The first-order chi connectivity index (χ1) is 8.81. The predicted octanol–water partition coefficient (Wildman–Crippen LogP) is 0.378. The molecular formula is C14H27N3O. The highest BCUT2D eigenvalue weighted by molar-refractivity contribution is 4.83. The van der Waals surface area contributed by atoms with Crippen molar-refractivity contribution in [3.8, 4) is 0 Å². The summed E-state index contributed by atoms with van der Waals surface area (Å²) in [6.07, 6.45) is 3.97. The van der Waals surface area contributed by atoms with Crippen molar-refractivity contribution in [1.29, 1.82) is 0 Å². The van der Waals surface area contributed by atoms with Gasteiger partial charge < -0.3 is 20.3 Å². The second kappa shape index (κ2) is 5.87. The van der Waals surface area contributed by atoms with E-state index >= 15 is 0 Å². The van der Waals surface area contributed by atoms with Gasteiger partial charge in [0.2, 0.25) is 0 Å². The van der Waals surface area contributed by atoms with Crippen molar-refractivity contribution in [1.82, 2.24) is 9.80 Å². The highest BCUT2D eigenvalue weighted by atomic mass is 16.5. The molecule has 0 amide bonds. The summed E-state index contributed by atoms with van der Waals surface area (Å²) in [5, 5.41) is 0. The van der Waals surface area contributed by atoms with Crippen LogP contribution in [0.15, 0.2) is 0 Å². The summed E-state index contributed by atoms with van der Waals surface area (Å²) in [6, 6.07) is 0.350. The quantitative estimate of drug-likeness (QED) is 0.786. The van der Waals surface area contributed by atoms with Gasteiger partial charge in [0, 0.05) is 57.8 Å². The maximum Gasteiger partial charge on any atom is 0.0521 e. The molecule has 0 aromatic heterocycles. The van der Waals surface area contributed by atoms with E-state index in [1.54, 1.807) is 0 Å². The van der Waals surface area contributed by atoms with Gasteiger partial charge in [-0.15, -0.1) is 0 Å². The molecule has 3 aliphatic rings.